The smallest absolute Gasteiger partial charge is 0.289 e. The molecule has 1 atom stereocenters. The number of carbonyl (C=O) groups excluding carboxylic acids is 2. The molecule has 2 amide bonds. The standard InChI is InChI=1S/C25H21N3O3S/c26-14-19-3-1-5-21(13-19)20-7-10-23(11-8-20)31-16-22(28-24(29)17-32-25(28)30)9-6-18-4-2-12-27-15-18/h1-5,7-8,10-13,15,22H,6,9,16-17H2/t22-/m0/s1. The van der Waals surface area contributed by atoms with E-state index in [1.54, 1.807) is 18.5 Å². The van der Waals surface area contributed by atoms with Crippen molar-refractivity contribution < 1.29 is 14.3 Å². The quantitative estimate of drug-likeness (QED) is 0.502. The van der Waals surface area contributed by atoms with Gasteiger partial charge in [-0.05, 0) is 59.9 Å². The first-order chi connectivity index (χ1) is 15.6. The van der Waals surface area contributed by atoms with E-state index >= 15 is 0 Å². The second-order valence-electron chi connectivity index (χ2n) is 7.40. The average Bonchev–Trinajstić information content (AvgIpc) is 3.18. The highest BCUT2D eigenvalue weighted by atomic mass is 32.2. The summed E-state index contributed by atoms with van der Waals surface area (Å²) in [6.07, 6.45) is 4.80. The molecule has 1 saturated heterocycles. The van der Waals surface area contributed by atoms with Crippen LogP contribution in [0.4, 0.5) is 4.79 Å². The van der Waals surface area contributed by atoms with Gasteiger partial charge in [0.15, 0.2) is 0 Å². The van der Waals surface area contributed by atoms with Gasteiger partial charge in [-0.2, -0.15) is 5.26 Å². The Hall–Kier alpha value is -3.63. The zero-order valence-corrected chi connectivity index (χ0v) is 18.1. The number of hydrogen-bond donors (Lipinski definition) is 0. The summed E-state index contributed by atoms with van der Waals surface area (Å²) in [4.78, 5) is 30.0. The van der Waals surface area contributed by atoms with E-state index in [4.69, 9.17) is 10.00 Å². The van der Waals surface area contributed by atoms with Crippen LogP contribution in [0.3, 0.4) is 0 Å². The number of ether oxygens (including phenoxy) is 1. The largest absolute Gasteiger partial charge is 0.491 e. The van der Waals surface area contributed by atoms with E-state index in [0.29, 0.717) is 24.2 Å². The third-order valence-electron chi connectivity index (χ3n) is 5.26. The summed E-state index contributed by atoms with van der Waals surface area (Å²) in [6.45, 7) is 0.224. The van der Waals surface area contributed by atoms with Crippen molar-refractivity contribution in [2.75, 3.05) is 12.4 Å². The lowest BCUT2D eigenvalue weighted by Crippen LogP contribution is -2.43. The van der Waals surface area contributed by atoms with Crippen molar-refractivity contribution in [3.05, 3.63) is 84.2 Å². The molecule has 1 aliphatic heterocycles. The summed E-state index contributed by atoms with van der Waals surface area (Å²) in [5.41, 5.74) is 3.59. The first-order valence-corrected chi connectivity index (χ1v) is 11.2. The summed E-state index contributed by atoms with van der Waals surface area (Å²) in [6, 6.07) is 20.6. The maximum Gasteiger partial charge on any atom is 0.289 e. The lowest BCUT2D eigenvalue weighted by Gasteiger charge is -2.25. The van der Waals surface area contributed by atoms with Gasteiger partial charge >= 0.3 is 0 Å². The lowest BCUT2D eigenvalue weighted by atomic mass is 10.0. The van der Waals surface area contributed by atoms with Crippen molar-refractivity contribution in [3.8, 4) is 22.9 Å². The van der Waals surface area contributed by atoms with Gasteiger partial charge in [0.25, 0.3) is 5.24 Å². The van der Waals surface area contributed by atoms with Crippen molar-refractivity contribution in [1.29, 1.82) is 5.26 Å². The minimum absolute atomic E-state index is 0.174. The fraction of sp³-hybridized carbons (Fsp3) is 0.200. The first kappa shape index (κ1) is 21.6. The van der Waals surface area contributed by atoms with Crippen LogP contribution in [0, 0.1) is 11.3 Å². The van der Waals surface area contributed by atoms with Gasteiger partial charge in [-0.3, -0.25) is 19.5 Å². The number of imide groups is 1. The molecule has 4 rings (SSSR count). The van der Waals surface area contributed by atoms with Gasteiger partial charge < -0.3 is 4.74 Å². The Kier molecular flexibility index (Phi) is 6.83. The predicted octanol–water partition coefficient (Wildman–Crippen LogP) is 4.70. The Morgan fingerprint density at radius 2 is 1.94 bits per heavy atom. The number of benzene rings is 2. The Morgan fingerprint density at radius 3 is 2.62 bits per heavy atom. The highest BCUT2D eigenvalue weighted by Crippen LogP contribution is 2.26. The van der Waals surface area contributed by atoms with Crippen LogP contribution in [0.5, 0.6) is 5.75 Å². The molecule has 0 aliphatic carbocycles. The molecule has 32 heavy (non-hydrogen) atoms. The molecule has 160 valence electrons. The van der Waals surface area contributed by atoms with E-state index in [1.807, 2.05) is 54.6 Å². The zero-order valence-electron chi connectivity index (χ0n) is 17.3. The fourth-order valence-corrected chi connectivity index (χ4v) is 4.36. The van der Waals surface area contributed by atoms with E-state index in [9.17, 15) is 9.59 Å². The number of rotatable bonds is 8. The number of thioether (sulfide) groups is 1. The summed E-state index contributed by atoms with van der Waals surface area (Å²) in [5, 5.41) is 8.87. The summed E-state index contributed by atoms with van der Waals surface area (Å²) in [5.74, 6) is 0.661. The number of amides is 2. The van der Waals surface area contributed by atoms with Gasteiger partial charge in [0.2, 0.25) is 5.91 Å². The van der Waals surface area contributed by atoms with Crippen LogP contribution in [0.1, 0.15) is 17.5 Å². The van der Waals surface area contributed by atoms with Crippen LogP contribution in [0.15, 0.2) is 73.1 Å². The summed E-state index contributed by atoms with van der Waals surface area (Å²) < 4.78 is 5.98. The molecule has 2 heterocycles. The number of hydrogen-bond acceptors (Lipinski definition) is 6. The molecule has 2 aromatic carbocycles. The third-order valence-corrected chi connectivity index (χ3v) is 6.10. The predicted molar refractivity (Wildman–Crippen MR) is 123 cm³/mol. The maximum atomic E-state index is 12.3. The van der Waals surface area contributed by atoms with Gasteiger partial charge in [-0.25, -0.2) is 0 Å². The molecular formula is C25H21N3O3S. The van der Waals surface area contributed by atoms with Crippen LogP contribution in [0.25, 0.3) is 11.1 Å². The fourth-order valence-electron chi connectivity index (χ4n) is 3.59. The van der Waals surface area contributed by atoms with Crippen LogP contribution in [-0.4, -0.2) is 39.4 Å². The molecule has 7 heteroatoms. The zero-order chi connectivity index (χ0) is 22.3. The minimum Gasteiger partial charge on any atom is -0.491 e. The van der Waals surface area contributed by atoms with E-state index in [0.717, 1.165) is 28.5 Å². The topological polar surface area (TPSA) is 83.3 Å². The number of nitriles is 1. The molecule has 0 unspecified atom stereocenters. The van der Waals surface area contributed by atoms with E-state index in [1.165, 1.54) is 4.90 Å². The number of carbonyl (C=O) groups is 2. The second-order valence-corrected chi connectivity index (χ2v) is 8.33. The molecule has 1 aliphatic rings. The van der Waals surface area contributed by atoms with Gasteiger partial charge in [-0.15, -0.1) is 0 Å². The molecule has 1 fully saturated rings. The molecule has 0 N–H and O–H groups in total. The van der Waals surface area contributed by atoms with Crippen molar-refractivity contribution in [2.24, 2.45) is 0 Å². The van der Waals surface area contributed by atoms with Crippen molar-refractivity contribution in [2.45, 2.75) is 18.9 Å². The highest BCUT2D eigenvalue weighted by Gasteiger charge is 2.36. The second kappa shape index (κ2) is 10.1. The van der Waals surface area contributed by atoms with Gasteiger partial charge in [-0.1, -0.05) is 42.1 Å². The monoisotopic (exact) mass is 443 g/mol. The molecule has 3 aromatic rings. The normalized spacial score (nSPS) is 14.3. The van der Waals surface area contributed by atoms with Gasteiger partial charge in [0.1, 0.15) is 12.4 Å². The Morgan fingerprint density at radius 1 is 1.09 bits per heavy atom. The van der Waals surface area contributed by atoms with Crippen molar-refractivity contribution in [1.82, 2.24) is 9.88 Å². The Labute approximate surface area is 190 Å². The van der Waals surface area contributed by atoms with Crippen LogP contribution >= 0.6 is 11.8 Å². The van der Waals surface area contributed by atoms with Crippen molar-refractivity contribution >= 4 is 22.9 Å². The van der Waals surface area contributed by atoms with E-state index in [2.05, 4.69) is 11.1 Å². The molecule has 0 bridgehead atoms. The summed E-state index contributed by atoms with van der Waals surface area (Å²) >= 11 is 1.03. The SMILES string of the molecule is N#Cc1cccc(-c2ccc(OC[C@H](CCc3cccnc3)N3C(=O)CSC3=O)cc2)c1. The molecule has 0 saturated carbocycles. The Bertz CT molecular complexity index is 1130. The average molecular weight is 444 g/mol. The minimum atomic E-state index is -0.350. The lowest BCUT2D eigenvalue weighted by molar-refractivity contribution is -0.126. The molecule has 0 spiro atoms. The molecule has 1 aromatic heterocycles. The van der Waals surface area contributed by atoms with E-state index in [-0.39, 0.29) is 29.5 Å². The van der Waals surface area contributed by atoms with Crippen molar-refractivity contribution in [3.63, 3.8) is 0 Å². The molecule has 0 radical (unpaired) electrons. The van der Waals surface area contributed by atoms with Crippen LogP contribution < -0.4 is 4.74 Å². The highest BCUT2D eigenvalue weighted by molar-refractivity contribution is 8.14. The number of pyridine rings is 1. The van der Waals surface area contributed by atoms with Crippen LogP contribution in [0.2, 0.25) is 0 Å². The third kappa shape index (κ3) is 5.16. The van der Waals surface area contributed by atoms with Crippen LogP contribution in [-0.2, 0) is 11.2 Å². The number of aromatic nitrogens is 1. The summed E-state index contributed by atoms with van der Waals surface area (Å²) in [7, 11) is 0. The molecular weight excluding hydrogens is 422 g/mol. The van der Waals surface area contributed by atoms with Gasteiger partial charge in [0.05, 0.1) is 23.4 Å². The Balaban J connectivity index is 1.44. The maximum absolute atomic E-state index is 12.3. The number of nitrogens with zero attached hydrogens (tertiary/aromatic N) is 3. The number of aryl methyl sites for hydroxylation is 1. The van der Waals surface area contributed by atoms with E-state index < -0.39 is 0 Å². The molecule has 6 nitrogen and oxygen atoms in total. The van der Waals surface area contributed by atoms with Gasteiger partial charge in [0, 0.05) is 12.4 Å². The first-order valence-electron chi connectivity index (χ1n) is 10.2.